The van der Waals surface area contributed by atoms with Crippen LogP contribution in [0.5, 0.6) is 0 Å². The lowest BCUT2D eigenvalue weighted by atomic mass is 10.1. The Morgan fingerprint density at radius 3 is 2.28 bits per heavy atom. The molecule has 0 fully saturated rings. The summed E-state index contributed by atoms with van der Waals surface area (Å²) in [6.45, 7) is 3.23. The lowest BCUT2D eigenvalue weighted by Gasteiger charge is -2.13. The summed E-state index contributed by atoms with van der Waals surface area (Å²) in [6.07, 6.45) is 0.633. The van der Waals surface area contributed by atoms with Crippen LogP contribution in [0.25, 0.3) is 0 Å². The number of aldehydes is 1. The van der Waals surface area contributed by atoms with Crippen molar-refractivity contribution in [2.24, 2.45) is 5.73 Å². The van der Waals surface area contributed by atoms with Gasteiger partial charge in [-0.05, 0) is 43.7 Å². The van der Waals surface area contributed by atoms with Gasteiger partial charge in [0.05, 0.1) is 11.3 Å². The van der Waals surface area contributed by atoms with Crippen LogP contribution in [-0.2, 0) is 11.3 Å². The van der Waals surface area contributed by atoms with Gasteiger partial charge in [0.1, 0.15) is 6.54 Å². The molecule has 1 aromatic heterocycles. The minimum Gasteiger partial charge on any atom is -0.378 e. The molecule has 7 heteroatoms. The van der Waals surface area contributed by atoms with E-state index in [1.54, 1.807) is 26.0 Å². The van der Waals surface area contributed by atoms with Gasteiger partial charge in [-0.2, -0.15) is 0 Å². The third-order valence-corrected chi connectivity index (χ3v) is 4.14. The maximum atomic E-state index is 12.3. The van der Waals surface area contributed by atoms with E-state index >= 15 is 0 Å². The molecule has 0 radical (unpaired) electrons. The molecule has 25 heavy (non-hydrogen) atoms. The van der Waals surface area contributed by atoms with E-state index in [0.29, 0.717) is 23.2 Å². The molecule has 3 N–H and O–H groups in total. The predicted octanol–water partition coefficient (Wildman–Crippen LogP) is 1.72. The van der Waals surface area contributed by atoms with E-state index < -0.39 is 5.91 Å². The molecule has 0 spiro atoms. The second kappa shape index (κ2) is 7.21. The first-order valence-electron chi connectivity index (χ1n) is 7.78. The number of nitrogens with two attached hydrogens (primary N) is 1. The Kier molecular flexibility index (Phi) is 5.26. The average molecular weight is 342 g/mol. The maximum Gasteiger partial charge on any atom is 0.250 e. The monoisotopic (exact) mass is 342 g/mol. The summed E-state index contributed by atoms with van der Waals surface area (Å²) < 4.78 is 1.51. The number of nitrogens with zero attached hydrogens (tertiary/aromatic N) is 2. The van der Waals surface area contributed by atoms with Crippen molar-refractivity contribution >= 4 is 29.5 Å². The Balaban J connectivity index is 2.22. The van der Waals surface area contributed by atoms with Crippen molar-refractivity contribution in [3.8, 4) is 0 Å². The Morgan fingerprint density at radius 1 is 1.20 bits per heavy atom. The largest absolute Gasteiger partial charge is 0.378 e. The molecule has 1 heterocycles. The highest BCUT2D eigenvalue weighted by Crippen LogP contribution is 2.21. The quantitative estimate of drug-likeness (QED) is 0.781. The normalized spacial score (nSPS) is 10.4. The summed E-state index contributed by atoms with van der Waals surface area (Å²) in [4.78, 5) is 37.2. The minimum atomic E-state index is -0.614. The average Bonchev–Trinajstić information content (AvgIpc) is 2.77. The fraction of sp³-hybridized carbons (Fsp3) is 0.278. The summed E-state index contributed by atoms with van der Waals surface area (Å²) in [5.41, 5.74) is 8.60. The Morgan fingerprint density at radius 2 is 1.80 bits per heavy atom. The smallest absolute Gasteiger partial charge is 0.250 e. The van der Waals surface area contributed by atoms with E-state index in [4.69, 9.17) is 5.73 Å². The molecule has 2 aromatic rings. The third-order valence-electron chi connectivity index (χ3n) is 4.14. The lowest BCUT2D eigenvalue weighted by molar-refractivity contribution is -0.116. The fourth-order valence-corrected chi connectivity index (χ4v) is 2.82. The topological polar surface area (TPSA) is 97.4 Å². The summed E-state index contributed by atoms with van der Waals surface area (Å²) in [5.74, 6) is -0.911. The number of benzene rings is 1. The number of aromatic nitrogens is 1. The van der Waals surface area contributed by atoms with Crippen molar-refractivity contribution in [3.63, 3.8) is 0 Å². The van der Waals surface area contributed by atoms with Crippen molar-refractivity contribution in [2.75, 3.05) is 24.3 Å². The summed E-state index contributed by atoms with van der Waals surface area (Å²) in [6, 6.07) is 7.39. The van der Waals surface area contributed by atoms with Gasteiger partial charge in [-0.1, -0.05) is 0 Å². The van der Waals surface area contributed by atoms with E-state index in [2.05, 4.69) is 5.32 Å². The number of hydrogen-bond donors (Lipinski definition) is 2. The van der Waals surface area contributed by atoms with E-state index in [9.17, 15) is 14.4 Å². The van der Waals surface area contributed by atoms with Gasteiger partial charge in [0.15, 0.2) is 6.29 Å². The fourth-order valence-electron chi connectivity index (χ4n) is 2.82. The van der Waals surface area contributed by atoms with Crippen molar-refractivity contribution in [1.29, 1.82) is 0 Å². The van der Waals surface area contributed by atoms with Gasteiger partial charge in [-0.25, -0.2) is 0 Å². The van der Waals surface area contributed by atoms with Gasteiger partial charge in [-0.15, -0.1) is 0 Å². The highest BCUT2D eigenvalue weighted by Gasteiger charge is 2.21. The number of carbonyl (C=O) groups is 3. The molecule has 0 atom stereocenters. The number of nitrogens with one attached hydrogen (secondary N) is 1. The van der Waals surface area contributed by atoms with Gasteiger partial charge in [0.2, 0.25) is 5.91 Å². The number of rotatable bonds is 6. The van der Waals surface area contributed by atoms with Crippen LogP contribution >= 0.6 is 0 Å². The first-order chi connectivity index (χ1) is 11.8. The standard InChI is InChI=1S/C18H22N4O3/c1-11-15(10-23)22(12(2)17(11)18(19)25)9-16(24)20-13-5-7-14(8-6-13)21(3)4/h5-8,10H,9H2,1-4H3,(H2,19,25)(H,20,24). The van der Waals surface area contributed by atoms with Gasteiger partial charge in [0.25, 0.3) is 5.91 Å². The highest BCUT2D eigenvalue weighted by molar-refractivity contribution is 5.99. The second-order valence-electron chi connectivity index (χ2n) is 6.03. The van der Waals surface area contributed by atoms with Crippen LogP contribution in [0.2, 0.25) is 0 Å². The molecule has 1 aromatic carbocycles. The zero-order valence-electron chi connectivity index (χ0n) is 14.8. The van der Waals surface area contributed by atoms with Crippen LogP contribution in [-0.4, -0.2) is 36.8 Å². The summed E-state index contributed by atoms with van der Waals surface area (Å²) in [7, 11) is 3.87. The van der Waals surface area contributed by atoms with Crippen LogP contribution in [0.15, 0.2) is 24.3 Å². The molecule has 2 amide bonds. The second-order valence-corrected chi connectivity index (χ2v) is 6.03. The molecule has 0 saturated carbocycles. The van der Waals surface area contributed by atoms with Crippen LogP contribution in [0.3, 0.4) is 0 Å². The molecule has 0 saturated heterocycles. The number of hydrogen-bond acceptors (Lipinski definition) is 4. The van der Waals surface area contributed by atoms with Crippen LogP contribution < -0.4 is 16.0 Å². The molecule has 0 bridgehead atoms. The molecule has 0 unspecified atom stereocenters. The highest BCUT2D eigenvalue weighted by atomic mass is 16.2. The van der Waals surface area contributed by atoms with E-state index in [0.717, 1.165) is 5.69 Å². The van der Waals surface area contributed by atoms with E-state index in [1.807, 2.05) is 31.1 Å². The van der Waals surface area contributed by atoms with E-state index in [1.165, 1.54) is 4.57 Å². The van der Waals surface area contributed by atoms with Gasteiger partial charge in [0, 0.05) is 31.2 Å². The first kappa shape index (κ1) is 18.3. The van der Waals surface area contributed by atoms with Crippen LogP contribution in [0.4, 0.5) is 11.4 Å². The maximum absolute atomic E-state index is 12.3. The summed E-state index contributed by atoms with van der Waals surface area (Å²) in [5, 5.41) is 2.78. The first-order valence-corrected chi connectivity index (χ1v) is 7.78. The molecule has 2 rings (SSSR count). The minimum absolute atomic E-state index is 0.0799. The van der Waals surface area contributed by atoms with Crippen molar-refractivity contribution in [3.05, 3.63) is 46.8 Å². The third kappa shape index (κ3) is 3.71. The molecule has 0 aliphatic heterocycles. The molecule has 132 valence electrons. The van der Waals surface area contributed by atoms with E-state index in [-0.39, 0.29) is 23.7 Å². The Bertz CT molecular complexity index is 820. The molecule has 0 aliphatic rings. The number of amides is 2. The summed E-state index contributed by atoms with van der Waals surface area (Å²) >= 11 is 0. The number of anilines is 2. The Labute approximate surface area is 146 Å². The number of primary amides is 1. The van der Waals surface area contributed by atoms with Crippen LogP contribution in [0.1, 0.15) is 32.1 Å². The molecule has 7 nitrogen and oxygen atoms in total. The molecular formula is C18H22N4O3. The van der Waals surface area contributed by atoms with Crippen molar-refractivity contribution in [2.45, 2.75) is 20.4 Å². The zero-order chi connectivity index (χ0) is 18.7. The van der Waals surface area contributed by atoms with Crippen LogP contribution in [0, 0.1) is 13.8 Å². The predicted molar refractivity (Wildman–Crippen MR) is 97.2 cm³/mol. The lowest BCUT2D eigenvalue weighted by Crippen LogP contribution is -2.21. The Hall–Kier alpha value is -3.09. The number of carbonyl (C=O) groups excluding carboxylic acids is 3. The zero-order valence-corrected chi connectivity index (χ0v) is 14.8. The molecule has 0 aliphatic carbocycles. The van der Waals surface area contributed by atoms with Crippen molar-refractivity contribution in [1.82, 2.24) is 4.57 Å². The van der Waals surface area contributed by atoms with Gasteiger partial charge < -0.3 is 20.5 Å². The van der Waals surface area contributed by atoms with Gasteiger partial charge in [-0.3, -0.25) is 14.4 Å². The van der Waals surface area contributed by atoms with Crippen molar-refractivity contribution < 1.29 is 14.4 Å². The van der Waals surface area contributed by atoms with Gasteiger partial charge >= 0.3 is 0 Å². The SMILES string of the molecule is Cc1c(C(N)=O)c(C)n(CC(=O)Nc2ccc(N(C)C)cc2)c1C=O. The molecular weight excluding hydrogens is 320 g/mol.